The van der Waals surface area contributed by atoms with E-state index in [-0.39, 0.29) is 48.2 Å². The summed E-state index contributed by atoms with van der Waals surface area (Å²) >= 11 is 0. The Bertz CT molecular complexity index is 2080. The molecular formula is C48H58N2O6. The second-order valence-corrected chi connectivity index (χ2v) is 18.2. The van der Waals surface area contributed by atoms with Crippen LogP contribution in [0.2, 0.25) is 0 Å². The van der Waals surface area contributed by atoms with Gasteiger partial charge in [0.1, 0.15) is 11.5 Å². The summed E-state index contributed by atoms with van der Waals surface area (Å²) in [4.78, 5) is 31.3. The van der Waals surface area contributed by atoms with Crippen LogP contribution in [0.15, 0.2) is 96.6 Å². The third-order valence-corrected chi connectivity index (χ3v) is 15.2. The van der Waals surface area contributed by atoms with Crippen LogP contribution in [-0.4, -0.2) is 65.4 Å². The lowest BCUT2D eigenvalue weighted by Crippen LogP contribution is -2.67. The lowest BCUT2D eigenvalue weighted by atomic mass is 9.32. The Kier molecular flexibility index (Phi) is 9.56. The van der Waals surface area contributed by atoms with Gasteiger partial charge in [-0.25, -0.2) is 4.79 Å². The molecule has 0 aliphatic heterocycles. The van der Waals surface area contributed by atoms with E-state index in [1.807, 2.05) is 74.5 Å². The van der Waals surface area contributed by atoms with Gasteiger partial charge in [-0.3, -0.25) is 4.79 Å². The predicted octanol–water partition coefficient (Wildman–Crippen LogP) is 8.76. The van der Waals surface area contributed by atoms with Crippen LogP contribution in [0.3, 0.4) is 0 Å². The van der Waals surface area contributed by atoms with Crippen LogP contribution < -0.4 is 14.8 Å². The van der Waals surface area contributed by atoms with Crippen molar-refractivity contribution in [1.29, 1.82) is 0 Å². The smallest absolute Gasteiger partial charge is 0.317 e. The molecule has 8 nitrogen and oxygen atoms in total. The van der Waals surface area contributed by atoms with E-state index in [1.165, 1.54) is 0 Å². The summed E-state index contributed by atoms with van der Waals surface area (Å²) in [5.74, 6) is 1.41. The summed E-state index contributed by atoms with van der Waals surface area (Å²) < 4.78 is 11.2. The molecule has 2 amide bonds. The average Bonchev–Trinajstić information content (AvgIpc) is 3.47. The quantitative estimate of drug-likeness (QED) is 0.141. The zero-order chi connectivity index (χ0) is 39.7. The molecule has 8 heteroatoms. The highest BCUT2D eigenvalue weighted by atomic mass is 16.5. The number of methoxy groups -OCH3 is 2. The Morgan fingerprint density at radius 3 is 2.30 bits per heavy atom. The number of fused-ring (bicyclic) bond motifs is 1. The molecule has 9 rings (SSSR count). The molecule has 2 bridgehead atoms. The third kappa shape index (κ3) is 5.68. The summed E-state index contributed by atoms with van der Waals surface area (Å²) in [6, 6.07) is 23.3. The van der Waals surface area contributed by atoms with Gasteiger partial charge in [-0.2, -0.15) is 0 Å². The second-order valence-electron chi connectivity index (χ2n) is 18.2. The number of rotatable bonds is 10. The fraction of sp³-hybridized carbons (Fsp3) is 0.500. The molecule has 3 fully saturated rings. The van der Waals surface area contributed by atoms with Crippen molar-refractivity contribution >= 4 is 11.8 Å². The minimum atomic E-state index is -1.23. The number of ether oxygens (including phenoxy) is 2. The lowest BCUT2D eigenvalue weighted by molar-refractivity contribution is -0.174. The maximum atomic E-state index is 15.5. The summed E-state index contributed by atoms with van der Waals surface area (Å²) in [7, 11) is 3.22. The molecule has 56 heavy (non-hydrogen) atoms. The molecule has 0 radical (unpaired) electrons. The van der Waals surface area contributed by atoms with Gasteiger partial charge < -0.3 is 29.9 Å². The van der Waals surface area contributed by atoms with E-state index in [1.54, 1.807) is 19.1 Å². The molecule has 3 aromatic rings. The van der Waals surface area contributed by atoms with Crippen LogP contribution in [0.1, 0.15) is 88.6 Å². The van der Waals surface area contributed by atoms with Gasteiger partial charge in [0.15, 0.2) is 5.78 Å². The Balaban J connectivity index is 1.22. The third-order valence-electron chi connectivity index (χ3n) is 15.2. The number of hydrogen-bond acceptors (Lipinski definition) is 6. The van der Waals surface area contributed by atoms with Gasteiger partial charge in [0, 0.05) is 45.1 Å². The van der Waals surface area contributed by atoms with Gasteiger partial charge in [-0.1, -0.05) is 86.7 Å². The maximum Gasteiger partial charge on any atom is 0.317 e. The van der Waals surface area contributed by atoms with E-state index in [0.29, 0.717) is 29.9 Å². The van der Waals surface area contributed by atoms with Crippen LogP contribution in [0.25, 0.3) is 11.1 Å². The zero-order valence-electron chi connectivity index (χ0n) is 33.8. The molecule has 3 saturated carbocycles. The van der Waals surface area contributed by atoms with E-state index >= 15 is 4.79 Å². The predicted molar refractivity (Wildman–Crippen MR) is 218 cm³/mol. The van der Waals surface area contributed by atoms with E-state index in [2.05, 4.69) is 49.5 Å². The van der Waals surface area contributed by atoms with Gasteiger partial charge in [-0.15, -0.1) is 0 Å². The van der Waals surface area contributed by atoms with E-state index in [4.69, 9.17) is 9.47 Å². The molecule has 8 atom stereocenters. The van der Waals surface area contributed by atoms with Crippen molar-refractivity contribution < 1.29 is 29.3 Å². The van der Waals surface area contributed by atoms with E-state index in [0.717, 1.165) is 54.4 Å². The number of hydrogen-bond donors (Lipinski definition) is 3. The first-order valence-corrected chi connectivity index (χ1v) is 20.5. The molecule has 6 aliphatic carbocycles. The van der Waals surface area contributed by atoms with Crippen molar-refractivity contribution in [3.8, 4) is 22.6 Å². The maximum absolute atomic E-state index is 15.5. The molecule has 0 saturated heterocycles. The molecule has 6 aliphatic rings. The first-order valence-electron chi connectivity index (χ1n) is 20.5. The number of aliphatic hydroxyl groups is 2. The Morgan fingerprint density at radius 2 is 1.57 bits per heavy atom. The highest BCUT2D eigenvalue weighted by molar-refractivity contribution is 6.14. The summed E-state index contributed by atoms with van der Waals surface area (Å²) in [5, 5.41) is 27.5. The van der Waals surface area contributed by atoms with Crippen molar-refractivity contribution in [3.05, 3.63) is 108 Å². The molecule has 3 N–H and O–H groups in total. The fourth-order valence-corrected chi connectivity index (χ4v) is 12.3. The van der Waals surface area contributed by atoms with Crippen molar-refractivity contribution in [2.24, 2.45) is 33.5 Å². The lowest BCUT2D eigenvalue weighted by Gasteiger charge is -2.71. The number of benzene rings is 3. The average molecular weight is 759 g/mol. The number of carbonyl (C=O) groups excluding carboxylic acids is 2. The Morgan fingerprint density at radius 1 is 0.875 bits per heavy atom. The van der Waals surface area contributed by atoms with Crippen molar-refractivity contribution in [1.82, 2.24) is 10.2 Å². The van der Waals surface area contributed by atoms with Gasteiger partial charge >= 0.3 is 6.03 Å². The summed E-state index contributed by atoms with van der Waals surface area (Å²) in [6.45, 7) is 8.88. The van der Waals surface area contributed by atoms with Crippen molar-refractivity contribution in [2.45, 2.75) is 96.9 Å². The SMILES string of the molecule is COc1ccc(CN(C[C@]2(O)CC[C@H]3[C@]45C=C[C@@]6(C=C4C(=O)c4ccccc4-c4ccccc4)CC(O)CC[C@]6(C)[C@H]5CC[C@@]32C)C(=O)NC(C)C)c(OC)c1. The van der Waals surface area contributed by atoms with Gasteiger partial charge in [0.2, 0.25) is 0 Å². The van der Waals surface area contributed by atoms with Gasteiger partial charge in [0.25, 0.3) is 0 Å². The van der Waals surface area contributed by atoms with Crippen LogP contribution in [0.5, 0.6) is 11.5 Å². The van der Waals surface area contributed by atoms with Crippen LogP contribution in [-0.2, 0) is 6.54 Å². The summed E-state index contributed by atoms with van der Waals surface area (Å²) in [6.07, 6.45) is 11.6. The van der Waals surface area contributed by atoms with Crippen molar-refractivity contribution in [3.63, 3.8) is 0 Å². The van der Waals surface area contributed by atoms with Crippen LogP contribution in [0, 0.1) is 33.5 Å². The first-order chi connectivity index (χ1) is 26.7. The molecule has 0 aromatic heterocycles. The molecule has 2 spiro atoms. The van der Waals surface area contributed by atoms with Crippen molar-refractivity contribution in [2.75, 3.05) is 20.8 Å². The number of amides is 2. The van der Waals surface area contributed by atoms with Gasteiger partial charge in [0.05, 0.1) is 39.0 Å². The molecule has 3 aromatic carbocycles. The first kappa shape index (κ1) is 38.5. The number of nitrogens with one attached hydrogen (secondary N) is 1. The summed E-state index contributed by atoms with van der Waals surface area (Å²) in [5.41, 5.74) is 1.16. The van der Waals surface area contributed by atoms with Crippen LogP contribution >= 0.6 is 0 Å². The number of nitrogens with zero attached hydrogens (tertiary/aromatic N) is 1. The molecule has 1 unspecified atom stereocenters. The minimum absolute atomic E-state index is 0.0320. The number of urea groups is 1. The Labute approximate surface area is 332 Å². The van der Waals surface area contributed by atoms with E-state index < -0.39 is 27.9 Å². The Hall–Kier alpha value is -4.40. The van der Waals surface area contributed by atoms with Gasteiger partial charge in [-0.05, 0) is 99.3 Å². The monoisotopic (exact) mass is 758 g/mol. The number of carbonyl (C=O) groups is 2. The number of aliphatic hydroxyl groups excluding tert-OH is 1. The zero-order valence-corrected chi connectivity index (χ0v) is 33.8. The molecular weight excluding hydrogens is 701 g/mol. The van der Waals surface area contributed by atoms with E-state index in [9.17, 15) is 15.0 Å². The van der Waals surface area contributed by atoms with Crippen LogP contribution in [0.4, 0.5) is 4.79 Å². The fourth-order valence-electron chi connectivity index (χ4n) is 12.3. The number of ketones is 1. The normalized spacial score (nSPS) is 33.9. The highest BCUT2D eigenvalue weighted by Gasteiger charge is 2.74. The largest absolute Gasteiger partial charge is 0.497 e. The standard InChI is InChI=1S/C48H58N2O6/c1-31(2)49-43(53)50(29-33-16-17-35(55-5)26-39(33)56-6)30-47(54)23-20-41-45(47,4)22-19-40-44(3)21-18-34(51)27-46(44)24-25-48(40,41)38(28-46)42(52)37-15-11-10-14-36(37)32-12-8-7-9-13-32/h7-17,24-26,28,31,34,40-41,51,54H,18-23,27,29-30H2,1-6H3,(H,49,53)/t34?,40-,41-,44-,45+,46+,47-,48-/m1/s1. The topological polar surface area (TPSA) is 108 Å². The minimum Gasteiger partial charge on any atom is -0.497 e. The molecule has 0 heterocycles. The number of Topliss-reactive ketones (excluding diaryl/α,β-unsaturated/α-hetero) is 1. The highest BCUT2D eigenvalue weighted by Crippen LogP contribution is 2.78. The number of allylic oxidation sites excluding steroid dienone is 4. The molecule has 296 valence electrons. The second kappa shape index (κ2) is 13.9.